The minimum Gasteiger partial charge on any atom is -0.487 e. The van der Waals surface area contributed by atoms with Crippen LogP contribution >= 0.6 is 11.6 Å². The van der Waals surface area contributed by atoms with Crippen molar-refractivity contribution in [2.24, 2.45) is 5.92 Å². The molecule has 2 saturated heterocycles. The predicted molar refractivity (Wildman–Crippen MR) is 179 cm³/mol. The standard InChI is InChI=1S/C33H43ClN10O4/c1-21-13-42(14-22(2)47-21)27-5-7-28(8-6-27)44-16-30(32(39-44)46-19-24-17-45-18-24)38-33-35-11-26(12-36-33)25-4-9-29(34)31(10-25)48-23(3)15-43-20-37-40-41-43/h4,9-12,16,20-24,27-28H,5-8,13-15,17-19H2,1-3H3,(H,35,36,38)/t21-,22+,23-,27-,28-/m0/s1. The van der Waals surface area contributed by atoms with Crippen molar-refractivity contribution < 1.29 is 18.9 Å². The normalized spacial score (nSPS) is 24.2. The maximum absolute atomic E-state index is 6.46. The fourth-order valence-electron chi connectivity index (χ4n) is 6.75. The van der Waals surface area contributed by atoms with Gasteiger partial charge in [-0.2, -0.15) is 0 Å². The monoisotopic (exact) mass is 678 g/mol. The fraction of sp³-hybridized carbons (Fsp3) is 0.576. The van der Waals surface area contributed by atoms with Crippen molar-refractivity contribution >= 4 is 23.2 Å². The van der Waals surface area contributed by atoms with Crippen LogP contribution in [0, 0.1) is 5.92 Å². The van der Waals surface area contributed by atoms with E-state index in [9.17, 15) is 0 Å². The zero-order valence-corrected chi connectivity index (χ0v) is 28.4. The molecule has 256 valence electrons. The molecule has 7 rings (SSSR count). The largest absolute Gasteiger partial charge is 0.487 e. The molecule has 4 aromatic rings. The molecule has 0 spiro atoms. The summed E-state index contributed by atoms with van der Waals surface area (Å²) in [7, 11) is 0. The predicted octanol–water partition coefficient (Wildman–Crippen LogP) is 4.81. The first-order chi connectivity index (χ1) is 23.4. The van der Waals surface area contributed by atoms with Crippen LogP contribution in [0.4, 0.5) is 11.6 Å². The molecular weight excluding hydrogens is 636 g/mol. The van der Waals surface area contributed by atoms with Gasteiger partial charge in [0.2, 0.25) is 5.95 Å². The van der Waals surface area contributed by atoms with E-state index in [2.05, 4.69) is 54.2 Å². The Labute approximate surface area is 285 Å². The van der Waals surface area contributed by atoms with Crippen LogP contribution in [0.5, 0.6) is 11.6 Å². The molecule has 3 aliphatic rings. The SMILES string of the molecule is C[C@@H]1CN([C@H]2CC[C@H](n3cc(Nc4ncc(-c5ccc(Cl)c(O[C@@H](C)Cn6cnnn6)c5)cn4)c(OCC4COC4)n3)CC2)C[C@H](C)O1. The van der Waals surface area contributed by atoms with Gasteiger partial charge in [0, 0.05) is 43.0 Å². The van der Waals surface area contributed by atoms with Crippen LogP contribution in [0.3, 0.4) is 0 Å². The average molecular weight is 679 g/mol. The van der Waals surface area contributed by atoms with E-state index in [-0.39, 0.29) is 18.3 Å². The van der Waals surface area contributed by atoms with Gasteiger partial charge in [-0.3, -0.25) is 9.58 Å². The van der Waals surface area contributed by atoms with Crippen molar-refractivity contribution in [3.63, 3.8) is 0 Å². The first-order valence-electron chi connectivity index (χ1n) is 16.8. The number of hydrogen-bond donors (Lipinski definition) is 1. The van der Waals surface area contributed by atoms with Crippen LogP contribution < -0.4 is 14.8 Å². The third-order valence-electron chi connectivity index (χ3n) is 9.19. The number of tetrazole rings is 1. The number of benzene rings is 1. The zero-order valence-electron chi connectivity index (χ0n) is 27.6. The zero-order chi connectivity index (χ0) is 33.0. The Bertz CT molecular complexity index is 1620. The van der Waals surface area contributed by atoms with Crippen molar-refractivity contribution in [3.8, 4) is 22.8 Å². The Balaban J connectivity index is 1.01. The third kappa shape index (κ3) is 7.88. The van der Waals surface area contributed by atoms with Gasteiger partial charge >= 0.3 is 0 Å². The first kappa shape index (κ1) is 32.7. The number of nitrogens with zero attached hydrogens (tertiary/aromatic N) is 9. The Morgan fingerprint density at radius 1 is 1.02 bits per heavy atom. The van der Waals surface area contributed by atoms with Gasteiger partial charge in [-0.15, -0.1) is 10.2 Å². The van der Waals surface area contributed by atoms with Crippen LogP contribution in [0.25, 0.3) is 11.1 Å². The van der Waals surface area contributed by atoms with Gasteiger partial charge in [0.1, 0.15) is 23.9 Å². The lowest BCUT2D eigenvalue weighted by atomic mass is 9.89. The highest BCUT2D eigenvalue weighted by Crippen LogP contribution is 2.36. The van der Waals surface area contributed by atoms with E-state index in [1.807, 2.05) is 31.3 Å². The van der Waals surface area contributed by atoms with E-state index in [1.165, 1.54) is 0 Å². The fourth-order valence-corrected chi connectivity index (χ4v) is 6.91. The minimum atomic E-state index is -0.203. The molecule has 3 atom stereocenters. The molecule has 0 radical (unpaired) electrons. The average Bonchev–Trinajstić information content (AvgIpc) is 3.71. The summed E-state index contributed by atoms with van der Waals surface area (Å²) >= 11 is 6.46. The number of anilines is 2. The summed E-state index contributed by atoms with van der Waals surface area (Å²) in [6.07, 6.45) is 11.9. The molecule has 1 aliphatic carbocycles. The van der Waals surface area contributed by atoms with Crippen molar-refractivity contribution in [1.82, 2.24) is 44.9 Å². The van der Waals surface area contributed by atoms with E-state index in [4.69, 9.17) is 35.6 Å². The van der Waals surface area contributed by atoms with E-state index >= 15 is 0 Å². The van der Waals surface area contributed by atoms with Gasteiger partial charge in [-0.1, -0.05) is 17.7 Å². The van der Waals surface area contributed by atoms with Crippen LogP contribution in [0.15, 0.2) is 43.1 Å². The quantitative estimate of drug-likeness (QED) is 0.220. The number of nitrogens with one attached hydrogen (secondary N) is 1. The smallest absolute Gasteiger partial charge is 0.256 e. The van der Waals surface area contributed by atoms with Crippen LogP contribution in [0.1, 0.15) is 52.5 Å². The van der Waals surface area contributed by atoms with E-state index < -0.39 is 0 Å². The summed E-state index contributed by atoms with van der Waals surface area (Å²) < 4.78 is 27.3. The molecule has 2 aliphatic heterocycles. The molecule has 0 amide bonds. The maximum Gasteiger partial charge on any atom is 0.256 e. The maximum atomic E-state index is 6.46. The van der Waals surface area contributed by atoms with Crippen molar-refractivity contribution in [2.45, 2.75) is 83.4 Å². The van der Waals surface area contributed by atoms with Crippen LogP contribution in [0.2, 0.25) is 5.02 Å². The molecule has 0 bridgehead atoms. The highest BCUT2D eigenvalue weighted by atomic mass is 35.5. The first-order valence-corrected chi connectivity index (χ1v) is 17.2. The van der Waals surface area contributed by atoms with E-state index in [1.54, 1.807) is 23.4 Å². The summed E-state index contributed by atoms with van der Waals surface area (Å²) in [4.78, 5) is 11.9. The van der Waals surface area contributed by atoms with Gasteiger partial charge in [0.15, 0.2) is 0 Å². The molecule has 1 aromatic carbocycles. The summed E-state index contributed by atoms with van der Waals surface area (Å²) in [5.74, 6) is 1.95. The highest BCUT2D eigenvalue weighted by Gasteiger charge is 2.32. The summed E-state index contributed by atoms with van der Waals surface area (Å²) in [5, 5.41) is 20.0. The second-order valence-electron chi connectivity index (χ2n) is 13.2. The molecule has 48 heavy (non-hydrogen) atoms. The molecule has 1 N–H and O–H groups in total. The number of hydrogen-bond acceptors (Lipinski definition) is 12. The molecule has 5 heterocycles. The van der Waals surface area contributed by atoms with E-state index in [0.717, 1.165) is 55.6 Å². The lowest BCUT2D eigenvalue weighted by Crippen LogP contribution is -2.51. The molecule has 14 nitrogen and oxygen atoms in total. The minimum absolute atomic E-state index is 0.203. The number of rotatable bonds is 12. The Morgan fingerprint density at radius 2 is 1.77 bits per heavy atom. The molecule has 15 heteroatoms. The lowest BCUT2D eigenvalue weighted by Gasteiger charge is -2.42. The Hall–Kier alpha value is -3.85. The Kier molecular flexibility index (Phi) is 10.0. The van der Waals surface area contributed by atoms with Gasteiger partial charge in [-0.25, -0.2) is 14.6 Å². The van der Waals surface area contributed by atoms with Gasteiger partial charge < -0.3 is 24.3 Å². The molecule has 1 saturated carbocycles. The molecule has 3 fully saturated rings. The van der Waals surface area contributed by atoms with Crippen molar-refractivity contribution in [1.29, 1.82) is 0 Å². The Morgan fingerprint density at radius 3 is 2.46 bits per heavy atom. The molecule has 0 unspecified atom stereocenters. The van der Waals surface area contributed by atoms with Crippen LogP contribution in [-0.4, -0.2) is 102 Å². The second-order valence-corrected chi connectivity index (χ2v) is 13.6. The van der Waals surface area contributed by atoms with Gasteiger partial charge in [0.05, 0.1) is 55.8 Å². The molecular formula is C33H43ClN10O4. The number of aromatic nitrogens is 8. The highest BCUT2D eigenvalue weighted by molar-refractivity contribution is 6.32. The second kappa shape index (κ2) is 14.7. The molecule has 3 aromatic heterocycles. The summed E-state index contributed by atoms with van der Waals surface area (Å²) in [6, 6.07) is 6.51. The van der Waals surface area contributed by atoms with Crippen LogP contribution in [-0.2, 0) is 16.0 Å². The summed E-state index contributed by atoms with van der Waals surface area (Å²) in [5.41, 5.74) is 2.46. The van der Waals surface area contributed by atoms with Crippen molar-refractivity contribution in [3.05, 3.63) is 48.1 Å². The van der Waals surface area contributed by atoms with Gasteiger partial charge in [-0.05, 0) is 74.6 Å². The summed E-state index contributed by atoms with van der Waals surface area (Å²) in [6.45, 7) is 10.8. The van der Waals surface area contributed by atoms with Gasteiger partial charge in [0.25, 0.3) is 5.88 Å². The number of ether oxygens (including phenoxy) is 4. The third-order valence-corrected chi connectivity index (χ3v) is 9.50. The number of morpholine rings is 1. The van der Waals surface area contributed by atoms with Crippen molar-refractivity contribution in [2.75, 3.05) is 38.2 Å². The lowest BCUT2D eigenvalue weighted by molar-refractivity contribution is -0.0852. The number of halogens is 1. The van der Waals surface area contributed by atoms with E-state index in [0.29, 0.717) is 67.0 Å². The topological polar surface area (TPSA) is 139 Å².